The SMILES string of the molecule is CC/C=C\C/C=C\C/C=C\C/C=C\C/C=C\CCCCCCCCOCC(CO)OC(=O)CCCCCCCCCC. The maximum absolute atomic E-state index is 12.0. The molecule has 1 N–H and O–H groups in total. The Kier molecular flexibility index (Phi) is 33.7. The van der Waals surface area contributed by atoms with Crippen LogP contribution in [0.3, 0.4) is 0 Å². The van der Waals surface area contributed by atoms with Gasteiger partial charge in [-0.05, 0) is 57.8 Å². The average Bonchev–Trinajstić information content (AvgIpc) is 3.00. The highest BCUT2D eigenvalue weighted by Gasteiger charge is 2.13. The van der Waals surface area contributed by atoms with Gasteiger partial charge in [0.1, 0.15) is 6.10 Å². The largest absolute Gasteiger partial charge is 0.457 e. The molecule has 1 unspecified atom stereocenters. The fourth-order valence-electron chi connectivity index (χ4n) is 4.53. The zero-order valence-electron chi connectivity index (χ0n) is 27.5. The van der Waals surface area contributed by atoms with Crippen LogP contribution in [0.25, 0.3) is 0 Å². The Bertz CT molecular complexity index is 704. The third kappa shape index (κ3) is 32.6. The first kappa shape index (κ1) is 40.1. The van der Waals surface area contributed by atoms with E-state index in [0.717, 1.165) is 64.2 Å². The molecule has 0 heterocycles. The predicted octanol–water partition coefficient (Wildman–Crippen LogP) is 10.9. The van der Waals surface area contributed by atoms with E-state index in [1.165, 1.54) is 64.2 Å². The van der Waals surface area contributed by atoms with Crippen LogP contribution in [-0.2, 0) is 14.3 Å². The van der Waals surface area contributed by atoms with Gasteiger partial charge in [-0.3, -0.25) is 4.79 Å². The van der Waals surface area contributed by atoms with Gasteiger partial charge < -0.3 is 14.6 Å². The van der Waals surface area contributed by atoms with Crippen LogP contribution in [0.1, 0.15) is 149 Å². The van der Waals surface area contributed by atoms with E-state index in [2.05, 4.69) is 74.6 Å². The number of ether oxygens (including phenoxy) is 2. The molecule has 0 bridgehead atoms. The summed E-state index contributed by atoms with van der Waals surface area (Å²) >= 11 is 0. The number of aliphatic hydroxyl groups excluding tert-OH is 1. The normalized spacial score (nSPS) is 13.1. The fraction of sp³-hybridized carbons (Fsp3) is 0.711. The van der Waals surface area contributed by atoms with Gasteiger partial charge in [-0.25, -0.2) is 0 Å². The summed E-state index contributed by atoms with van der Waals surface area (Å²) in [5, 5.41) is 9.50. The van der Waals surface area contributed by atoms with Crippen LogP contribution in [0, 0.1) is 0 Å². The van der Waals surface area contributed by atoms with E-state index in [1.807, 2.05) is 0 Å². The van der Waals surface area contributed by atoms with Crippen molar-refractivity contribution in [2.24, 2.45) is 0 Å². The summed E-state index contributed by atoms with van der Waals surface area (Å²) in [5.41, 5.74) is 0. The van der Waals surface area contributed by atoms with Gasteiger partial charge in [-0.1, -0.05) is 145 Å². The third-order valence-corrected chi connectivity index (χ3v) is 7.11. The highest BCUT2D eigenvalue weighted by Crippen LogP contribution is 2.11. The second-order valence-electron chi connectivity index (χ2n) is 11.2. The van der Waals surface area contributed by atoms with E-state index in [4.69, 9.17) is 9.47 Å². The first-order chi connectivity index (χ1) is 20.7. The van der Waals surface area contributed by atoms with Crippen LogP contribution in [0.4, 0.5) is 0 Å². The Labute approximate surface area is 260 Å². The van der Waals surface area contributed by atoms with Crippen LogP contribution in [0.2, 0.25) is 0 Å². The Balaban J connectivity index is 3.50. The van der Waals surface area contributed by atoms with E-state index in [9.17, 15) is 9.90 Å². The zero-order chi connectivity index (χ0) is 30.6. The van der Waals surface area contributed by atoms with Crippen LogP contribution in [-0.4, -0.2) is 37.0 Å². The molecule has 0 aromatic heterocycles. The molecule has 1 atom stereocenters. The fourth-order valence-corrected chi connectivity index (χ4v) is 4.53. The minimum Gasteiger partial charge on any atom is -0.457 e. The Morgan fingerprint density at radius 3 is 1.62 bits per heavy atom. The first-order valence-corrected chi connectivity index (χ1v) is 17.4. The molecular weight excluding hydrogens is 520 g/mol. The number of esters is 1. The summed E-state index contributed by atoms with van der Waals surface area (Å²) in [4.78, 5) is 12.0. The lowest BCUT2D eigenvalue weighted by molar-refractivity contribution is -0.154. The smallest absolute Gasteiger partial charge is 0.306 e. The van der Waals surface area contributed by atoms with Crippen molar-refractivity contribution in [2.45, 2.75) is 155 Å². The van der Waals surface area contributed by atoms with Crippen molar-refractivity contribution in [3.05, 3.63) is 60.8 Å². The maximum atomic E-state index is 12.0. The van der Waals surface area contributed by atoms with E-state index < -0.39 is 6.10 Å². The topological polar surface area (TPSA) is 55.8 Å². The predicted molar refractivity (Wildman–Crippen MR) is 182 cm³/mol. The standard InChI is InChI=1S/C38H66O4/c1-3-5-7-9-11-13-14-15-16-17-18-19-20-21-22-23-24-25-26-28-30-32-34-41-36-37(35-39)42-38(40)33-31-29-27-12-10-8-6-4-2/h5,7,11,13,15-16,18-19,21-22,37,39H,3-4,6,8-10,12,14,17,20,23-36H2,1-2H3/b7-5-,13-11-,16-15-,19-18-,22-21-. The number of unbranched alkanes of at least 4 members (excludes halogenated alkanes) is 13. The molecule has 0 rings (SSSR count). The lowest BCUT2D eigenvalue weighted by atomic mass is 10.1. The van der Waals surface area contributed by atoms with Gasteiger partial charge in [0.25, 0.3) is 0 Å². The number of hydrogen-bond acceptors (Lipinski definition) is 4. The van der Waals surface area contributed by atoms with Crippen LogP contribution in [0.15, 0.2) is 60.8 Å². The van der Waals surface area contributed by atoms with Crippen molar-refractivity contribution in [3.8, 4) is 0 Å². The van der Waals surface area contributed by atoms with Crippen molar-refractivity contribution in [3.63, 3.8) is 0 Å². The molecule has 0 radical (unpaired) electrons. The first-order valence-electron chi connectivity index (χ1n) is 17.4. The van der Waals surface area contributed by atoms with Gasteiger partial charge in [0.05, 0.1) is 13.2 Å². The maximum Gasteiger partial charge on any atom is 0.306 e. The number of carbonyl (C=O) groups is 1. The highest BCUT2D eigenvalue weighted by molar-refractivity contribution is 5.69. The van der Waals surface area contributed by atoms with Crippen LogP contribution < -0.4 is 0 Å². The van der Waals surface area contributed by atoms with Crippen molar-refractivity contribution in [1.82, 2.24) is 0 Å². The molecule has 0 aromatic rings. The van der Waals surface area contributed by atoms with Crippen molar-refractivity contribution < 1.29 is 19.4 Å². The average molecular weight is 587 g/mol. The number of hydrogen-bond donors (Lipinski definition) is 1. The molecule has 0 amide bonds. The van der Waals surface area contributed by atoms with Crippen molar-refractivity contribution in [1.29, 1.82) is 0 Å². The lowest BCUT2D eigenvalue weighted by Gasteiger charge is -2.15. The summed E-state index contributed by atoms with van der Waals surface area (Å²) in [5.74, 6) is -0.215. The van der Waals surface area contributed by atoms with Crippen LogP contribution >= 0.6 is 0 Å². The minimum absolute atomic E-state index is 0.180. The van der Waals surface area contributed by atoms with Gasteiger partial charge in [0.15, 0.2) is 0 Å². The lowest BCUT2D eigenvalue weighted by Crippen LogP contribution is -2.27. The molecule has 0 spiro atoms. The number of carbonyl (C=O) groups excluding carboxylic acids is 1. The molecule has 0 fully saturated rings. The summed E-state index contributed by atoms with van der Waals surface area (Å²) in [7, 11) is 0. The molecule has 4 heteroatoms. The second-order valence-corrected chi connectivity index (χ2v) is 11.2. The third-order valence-electron chi connectivity index (χ3n) is 7.11. The van der Waals surface area contributed by atoms with Crippen molar-refractivity contribution in [2.75, 3.05) is 19.8 Å². The molecule has 4 nitrogen and oxygen atoms in total. The quantitative estimate of drug-likeness (QED) is 0.0499. The molecule has 242 valence electrons. The Morgan fingerprint density at radius 2 is 1.07 bits per heavy atom. The van der Waals surface area contributed by atoms with Crippen molar-refractivity contribution >= 4 is 5.97 Å². The summed E-state index contributed by atoms with van der Waals surface area (Å²) in [6.07, 6.45) is 45.5. The minimum atomic E-state index is -0.539. The molecule has 0 aliphatic rings. The molecule has 0 aliphatic carbocycles. The van der Waals surface area contributed by atoms with E-state index in [1.54, 1.807) is 0 Å². The monoisotopic (exact) mass is 586 g/mol. The molecule has 0 aromatic carbocycles. The van der Waals surface area contributed by atoms with E-state index in [-0.39, 0.29) is 19.2 Å². The van der Waals surface area contributed by atoms with Gasteiger partial charge in [0.2, 0.25) is 0 Å². The summed E-state index contributed by atoms with van der Waals surface area (Å²) in [6, 6.07) is 0. The molecule has 0 saturated heterocycles. The van der Waals surface area contributed by atoms with E-state index in [0.29, 0.717) is 13.0 Å². The molecule has 0 saturated carbocycles. The molecule has 0 aliphatic heterocycles. The van der Waals surface area contributed by atoms with Crippen LogP contribution in [0.5, 0.6) is 0 Å². The highest BCUT2D eigenvalue weighted by atomic mass is 16.6. The number of rotatable bonds is 31. The van der Waals surface area contributed by atoms with Gasteiger partial charge in [-0.2, -0.15) is 0 Å². The number of aliphatic hydroxyl groups is 1. The Morgan fingerprint density at radius 1 is 0.595 bits per heavy atom. The van der Waals surface area contributed by atoms with E-state index >= 15 is 0 Å². The summed E-state index contributed by atoms with van der Waals surface area (Å²) in [6.45, 7) is 5.16. The molecule has 42 heavy (non-hydrogen) atoms. The zero-order valence-corrected chi connectivity index (χ0v) is 27.5. The van der Waals surface area contributed by atoms with Gasteiger partial charge in [-0.15, -0.1) is 0 Å². The molecular formula is C38H66O4. The second kappa shape index (κ2) is 35.3. The van der Waals surface area contributed by atoms with Gasteiger partial charge in [0, 0.05) is 13.0 Å². The summed E-state index contributed by atoms with van der Waals surface area (Å²) < 4.78 is 11.0. The van der Waals surface area contributed by atoms with Gasteiger partial charge >= 0.3 is 5.97 Å². The number of allylic oxidation sites excluding steroid dienone is 10. The Hall–Kier alpha value is -1.91.